The Morgan fingerprint density at radius 2 is 1.95 bits per heavy atom. The lowest BCUT2D eigenvalue weighted by Gasteiger charge is -2.34. The van der Waals surface area contributed by atoms with Crippen LogP contribution < -0.4 is 5.73 Å². The van der Waals surface area contributed by atoms with Gasteiger partial charge in [-0.1, -0.05) is 51.0 Å². The predicted molar refractivity (Wildman–Crippen MR) is 86.8 cm³/mol. The molecule has 0 spiro atoms. The molecule has 0 aliphatic heterocycles. The summed E-state index contributed by atoms with van der Waals surface area (Å²) in [5, 5.41) is 0. The first-order valence-electron chi connectivity index (χ1n) is 8.09. The molecule has 1 aromatic rings. The third-order valence-corrected chi connectivity index (χ3v) is 4.87. The van der Waals surface area contributed by atoms with Crippen molar-refractivity contribution in [2.75, 3.05) is 13.6 Å². The first kappa shape index (κ1) is 15.5. The highest BCUT2D eigenvalue weighted by Crippen LogP contribution is 2.27. The van der Waals surface area contributed by atoms with Gasteiger partial charge < -0.3 is 5.73 Å². The van der Waals surface area contributed by atoms with Crippen LogP contribution in [0.25, 0.3) is 0 Å². The van der Waals surface area contributed by atoms with Crippen molar-refractivity contribution >= 4 is 0 Å². The number of nitrogens with zero attached hydrogens (tertiary/aromatic N) is 1. The fourth-order valence-corrected chi connectivity index (χ4v) is 3.31. The lowest BCUT2D eigenvalue weighted by Crippen LogP contribution is -2.35. The molecular formula is C18H30N2. The third-order valence-electron chi connectivity index (χ3n) is 4.87. The van der Waals surface area contributed by atoms with Gasteiger partial charge in [0.1, 0.15) is 0 Å². The van der Waals surface area contributed by atoms with E-state index < -0.39 is 0 Å². The van der Waals surface area contributed by atoms with Crippen LogP contribution in [-0.2, 0) is 6.54 Å². The number of nitrogens with two attached hydrogens (primary N) is 1. The summed E-state index contributed by atoms with van der Waals surface area (Å²) in [7, 11) is 2.28. The van der Waals surface area contributed by atoms with E-state index in [0.717, 1.165) is 25.0 Å². The van der Waals surface area contributed by atoms with Gasteiger partial charge in [0.15, 0.2) is 0 Å². The van der Waals surface area contributed by atoms with Gasteiger partial charge in [-0.3, -0.25) is 4.90 Å². The molecule has 1 aliphatic carbocycles. The van der Waals surface area contributed by atoms with Crippen molar-refractivity contribution in [2.45, 2.75) is 58.0 Å². The van der Waals surface area contributed by atoms with Gasteiger partial charge in [-0.05, 0) is 49.4 Å². The molecule has 1 aliphatic rings. The minimum absolute atomic E-state index is 0.459. The monoisotopic (exact) mass is 274 g/mol. The Morgan fingerprint density at radius 1 is 1.25 bits per heavy atom. The molecule has 2 N–H and O–H groups in total. The van der Waals surface area contributed by atoms with E-state index in [0.29, 0.717) is 5.92 Å². The summed E-state index contributed by atoms with van der Waals surface area (Å²) in [5.41, 5.74) is 8.49. The standard InChI is InChI=1S/C18H30N2/c1-14-5-4-6-18(11-14)20(3)13-16-7-9-17(10-8-16)15(2)12-19/h7-10,14-15,18H,4-6,11-13,19H2,1-3H3. The summed E-state index contributed by atoms with van der Waals surface area (Å²) in [6.07, 6.45) is 5.53. The van der Waals surface area contributed by atoms with E-state index in [1.54, 1.807) is 0 Å². The van der Waals surface area contributed by atoms with E-state index in [1.807, 2.05) is 0 Å². The molecule has 0 amide bonds. The smallest absolute Gasteiger partial charge is 0.0233 e. The summed E-state index contributed by atoms with van der Waals surface area (Å²) in [4.78, 5) is 2.54. The summed E-state index contributed by atoms with van der Waals surface area (Å²) >= 11 is 0. The molecule has 2 nitrogen and oxygen atoms in total. The Balaban J connectivity index is 1.92. The maximum absolute atomic E-state index is 5.73. The Kier molecular flexibility index (Phi) is 5.62. The quantitative estimate of drug-likeness (QED) is 0.886. The van der Waals surface area contributed by atoms with Crippen LogP contribution in [0.3, 0.4) is 0 Å². The van der Waals surface area contributed by atoms with E-state index in [1.165, 1.54) is 36.8 Å². The molecule has 0 aromatic heterocycles. The van der Waals surface area contributed by atoms with Crippen LogP contribution in [0.15, 0.2) is 24.3 Å². The number of rotatable bonds is 5. The maximum atomic E-state index is 5.73. The molecule has 2 heteroatoms. The maximum Gasteiger partial charge on any atom is 0.0233 e. The number of benzene rings is 1. The zero-order chi connectivity index (χ0) is 14.5. The zero-order valence-electron chi connectivity index (χ0n) is 13.3. The second-order valence-corrected chi connectivity index (χ2v) is 6.72. The molecule has 0 bridgehead atoms. The van der Waals surface area contributed by atoms with Crippen molar-refractivity contribution in [2.24, 2.45) is 11.7 Å². The van der Waals surface area contributed by atoms with Crippen LogP contribution in [0.4, 0.5) is 0 Å². The van der Waals surface area contributed by atoms with E-state index >= 15 is 0 Å². The summed E-state index contributed by atoms with van der Waals surface area (Å²) < 4.78 is 0. The molecule has 2 rings (SSSR count). The highest BCUT2D eigenvalue weighted by atomic mass is 15.1. The molecule has 20 heavy (non-hydrogen) atoms. The topological polar surface area (TPSA) is 29.3 Å². The molecule has 0 heterocycles. The van der Waals surface area contributed by atoms with Crippen molar-refractivity contribution < 1.29 is 0 Å². The van der Waals surface area contributed by atoms with Crippen LogP contribution in [0.1, 0.15) is 56.6 Å². The summed E-state index contributed by atoms with van der Waals surface area (Å²) in [6.45, 7) is 6.36. The van der Waals surface area contributed by atoms with Gasteiger partial charge in [0.05, 0.1) is 0 Å². The number of hydrogen-bond donors (Lipinski definition) is 1. The molecule has 1 fully saturated rings. The highest BCUT2D eigenvalue weighted by Gasteiger charge is 2.22. The van der Waals surface area contributed by atoms with E-state index in [9.17, 15) is 0 Å². The molecular weight excluding hydrogens is 244 g/mol. The second-order valence-electron chi connectivity index (χ2n) is 6.72. The molecule has 112 valence electrons. The van der Waals surface area contributed by atoms with E-state index in [-0.39, 0.29) is 0 Å². The molecule has 3 atom stereocenters. The van der Waals surface area contributed by atoms with Crippen LogP contribution in [-0.4, -0.2) is 24.5 Å². The van der Waals surface area contributed by atoms with Crippen molar-refractivity contribution in [1.82, 2.24) is 4.90 Å². The van der Waals surface area contributed by atoms with Gasteiger partial charge in [-0.15, -0.1) is 0 Å². The van der Waals surface area contributed by atoms with Crippen molar-refractivity contribution in [3.05, 3.63) is 35.4 Å². The van der Waals surface area contributed by atoms with Gasteiger partial charge in [-0.2, -0.15) is 0 Å². The highest BCUT2D eigenvalue weighted by molar-refractivity contribution is 5.25. The first-order valence-corrected chi connectivity index (χ1v) is 8.09. The van der Waals surface area contributed by atoms with Crippen LogP contribution in [0.5, 0.6) is 0 Å². The SMILES string of the molecule is CC1CCCC(N(C)Cc2ccc(C(C)CN)cc2)C1. The fraction of sp³-hybridized carbons (Fsp3) is 0.667. The van der Waals surface area contributed by atoms with Gasteiger partial charge in [0.2, 0.25) is 0 Å². The normalized spacial score (nSPS) is 24.9. The van der Waals surface area contributed by atoms with Gasteiger partial charge in [-0.25, -0.2) is 0 Å². The summed E-state index contributed by atoms with van der Waals surface area (Å²) in [5.74, 6) is 1.35. The van der Waals surface area contributed by atoms with Crippen LogP contribution in [0, 0.1) is 5.92 Å². The average Bonchev–Trinajstić information content (AvgIpc) is 2.47. The van der Waals surface area contributed by atoms with E-state index in [2.05, 4.69) is 50.1 Å². The Hall–Kier alpha value is -0.860. The molecule has 1 aromatic carbocycles. The van der Waals surface area contributed by atoms with Crippen LogP contribution >= 0.6 is 0 Å². The minimum atomic E-state index is 0.459. The molecule has 0 saturated heterocycles. The minimum Gasteiger partial charge on any atom is -0.330 e. The Bertz CT molecular complexity index is 398. The fourth-order valence-electron chi connectivity index (χ4n) is 3.31. The third kappa shape index (κ3) is 4.07. The molecule has 1 saturated carbocycles. The van der Waals surface area contributed by atoms with Crippen LogP contribution in [0.2, 0.25) is 0 Å². The predicted octanol–water partition coefficient (Wildman–Crippen LogP) is 3.76. The second kappa shape index (κ2) is 7.24. The zero-order valence-corrected chi connectivity index (χ0v) is 13.3. The lowest BCUT2D eigenvalue weighted by molar-refractivity contribution is 0.157. The number of hydrogen-bond acceptors (Lipinski definition) is 2. The average molecular weight is 274 g/mol. The largest absolute Gasteiger partial charge is 0.330 e. The van der Waals surface area contributed by atoms with Crippen molar-refractivity contribution in [1.29, 1.82) is 0 Å². The Labute approximate surface area is 124 Å². The molecule has 3 unspecified atom stereocenters. The van der Waals surface area contributed by atoms with Gasteiger partial charge >= 0.3 is 0 Å². The lowest BCUT2D eigenvalue weighted by atomic mass is 9.86. The van der Waals surface area contributed by atoms with Gasteiger partial charge in [0.25, 0.3) is 0 Å². The van der Waals surface area contributed by atoms with Crippen molar-refractivity contribution in [3.8, 4) is 0 Å². The van der Waals surface area contributed by atoms with E-state index in [4.69, 9.17) is 5.73 Å². The first-order chi connectivity index (χ1) is 9.60. The van der Waals surface area contributed by atoms with Gasteiger partial charge in [0, 0.05) is 12.6 Å². The van der Waals surface area contributed by atoms with Crippen molar-refractivity contribution in [3.63, 3.8) is 0 Å². The Morgan fingerprint density at radius 3 is 2.55 bits per heavy atom. The summed E-state index contributed by atoms with van der Waals surface area (Å²) in [6, 6.07) is 9.78. The molecule has 0 radical (unpaired) electrons.